The first-order chi connectivity index (χ1) is 11.7. The maximum atomic E-state index is 12.6. The molecule has 1 amide bonds. The Morgan fingerprint density at radius 1 is 0.875 bits per heavy atom. The molecule has 3 aromatic carbocycles. The van der Waals surface area contributed by atoms with E-state index in [0.29, 0.717) is 17.1 Å². The Morgan fingerprint density at radius 2 is 1.54 bits per heavy atom. The van der Waals surface area contributed by atoms with Gasteiger partial charge >= 0.3 is 0 Å². The first kappa shape index (κ1) is 16.1. The van der Waals surface area contributed by atoms with Gasteiger partial charge in [0, 0.05) is 17.3 Å². The van der Waals surface area contributed by atoms with E-state index in [1.165, 1.54) is 0 Å². The Morgan fingerprint density at radius 3 is 2.25 bits per heavy atom. The summed E-state index contributed by atoms with van der Waals surface area (Å²) < 4.78 is 0. The highest BCUT2D eigenvalue weighted by molar-refractivity contribution is 6.31. The fraction of sp³-hybridized carbons (Fsp3) is 0.0500. The van der Waals surface area contributed by atoms with Crippen molar-refractivity contribution in [3.05, 3.63) is 95.0 Å². The summed E-state index contributed by atoms with van der Waals surface area (Å²) in [5.74, 6) is -0.167. The maximum Gasteiger partial charge on any atom is 0.253 e. The van der Waals surface area contributed by atoms with Crippen LogP contribution in [0, 0.1) is 0 Å². The molecule has 4 heteroatoms. The molecule has 2 N–H and O–H groups in total. The van der Waals surface area contributed by atoms with Gasteiger partial charge in [-0.05, 0) is 35.9 Å². The van der Waals surface area contributed by atoms with E-state index in [4.69, 9.17) is 11.6 Å². The van der Waals surface area contributed by atoms with Crippen molar-refractivity contribution < 1.29 is 4.79 Å². The fourth-order valence-electron chi connectivity index (χ4n) is 2.36. The molecule has 0 spiro atoms. The normalized spacial score (nSPS) is 10.2. The number of carbonyl (C=O) groups excluding carboxylic acids is 1. The topological polar surface area (TPSA) is 41.1 Å². The third-order valence-corrected chi connectivity index (χ3v) is 3.81. The first-order valence-corrected chi connectivity index (χ1v) is 8.04. The lowest BCUT2D eigenvalue weighted by Gasteiger charge is -2.13. The lowest BCUT2D eigenvalue weighted by molar-refractivity contribution is 0.0952. The van der Waals surface area contributed by atoms with Gasteiger partial charge in [0.2, 0.25) is 0 Å². The Balaban J connectivity index is 1.78. The summed E-state index contributed by atoms with van der Waals surface area (Å²) in [6.45, 7) is 0.469. The molecule has 3 nitrogen and oxygen atoms in total. The summed E-state index contributed by atoms with van der Waals surface area (Å²) in [4.78, 5) is 12.6. The van der Waals surface area contributed by atoms with Crippen molar-refractivity contribution in [2.75, 3.05) is 5.32 Å². The van der Waals surface area contributed by atoms with E-state index >= 15 is 0 Å². The summed E-state index contributed by atoms with van der Waals surface area (Å²) in [5.41, 5.74) is 3.20. The fourth-order valence-corrected chi connectivity index (χ4v) is 2.54. The van der Waals surface area contributed by atoms with Crippen LogP contribution in [0.3, 0.4) is 0 Å². The SMILES string of the molecule is O=C(NCc1ccccc1)c1cc(Cl)ccc1Nc1ccccc1. The van der Waals surface area contributed by atoms with Crippen molar-refractivity contribution in [1.82, 2.24) is 5.32 Å². The van der Waals surface area contributed by atoms with E-state index in [1.807, 2.05) is 66.7 Å². The maximum absolute atomic E-state index is 12.6. The van der Waals surface area contributed by atoms with Gasteiger partial charge < -0.3 is 10.6 Å². The second-order valence-electron chi connectivity index (χ2n) is 5.35. The van der Waals surface area contributed by atoms with Gasteiger partial charge in [-0.2, -0.15) is 0 Å². The molecule has 0 unspecified atom stereocenters. The number of para-hydroxylation sites is 1. The summed E-state index contributed by atoms with van der Waals surface area (Å²) in [7, 11) is 0. The molecule has 24 heavy (non-hydrogen) atoms. The largest absolute Gasteiger partial charge is 0.355 e. The van der Waals surface area contributed by atoms with Gasteiger partial charge in [0.05, 0.1) is 11.3 Å². The van der Waals surface area contributed by atoms with E-state index in [2.05, 4.69) is 10.6 Å². The van der Waals surface area contributed by atoms with E-state index in [0.717, 1.165) is 16.9 Å². The zero-order valence-electron chi connectivity index (χ0n) is 13.0. The van der Waals surface area contributed by atoms with Crippen molar-refractivity contribution in [2.45, 2.75) is 6.54 Å². The number of anilines is 2. The van der Waals surface area contributed by atoms with Crippen LogP contribution >= 0.6 is 11.6 Å². The highest BCUT2D eigenvalue weighted by Gasteiger charge is 2.12. The van der Waals surface area contributed by atoms with Crippen molar-refractivity contribution in [2.24, 2.45) is 0 Å². The Kier molecular flexibility index (Phi) is 5.14. The Bertz CT molecular complexity index is 820. The third kappa shape index (κ3) is 4.15. The average Bonchev–Trinajstić information content (AvgIpc) is 2.63. The smallest absolute Gasteiger partial charge is 0.253 e. The molecule has 0 aliphatic heterocycles. The molecule has 0 bridgehead atoms. The number of benzene rings is 3. The van der Waals surface area contributed by atoms with Gasteiger partial charge in [-0.1, -0.05) is 60.1 Å². The second-order valence-corrected chi connectivity index (χ2v) is 5.79. The number of halogens is 1. The summed E-state index contributed by atoms with van der Waals surface area (Å²) in [6.07, 6.45) is 0. The number of carbonyl (C=O) groups is 1. The molecule has 0 heterocycles. The molecule has 0 aliphatic rings. The molecule has 0 radical (unpaired) electrons. The highest BCUT2D eigenvalue weighted by Crippen LogP contribution is 2.24. The van der Waals surface area contributed by atoms with Gasteiger partial charge in [-0.3, -0.25) is 4.79 Å². The zero-order valence-corrected chi connectivity index (χ0v) is 13.8. The van der Waals surface area contributed by atoms with Crippen molar-refractivity contribution in [1.29, 1.82) is 0 Å². The van der Waals surface area contributed by atoms with Crippen LogP contribution in [0.1, 0.15) is 15.9 Å². The highest BCUT2D eigenvalue weighted by atomic mass is 35.5. The monoisotopic (exact) mass is 336 g/mol. The van der Waals surface area contributed by atoms with Crippen molar-refractivity contribution >= 4 is 28.9 Å². The molecule has 3 aromatic rings. The lowest BCUT2D eigenvalue weighted by Crippen LogP contribution is -2.23. The van der Waals surface area contributed by atoms with E-state index in [9.17, 15) is 4.79 Å². The quantitative estimate of drug-likeness (QED) is 0.687. The average molecular weight is 337 g/mol. The van der Waals surface area contributed by atoms with Crippen LogP contribution in [0.2, 0.25) is 5.02 Å². The lowest BCUT2D eigenvalue weighted by atomic mass is 10.1. The van der Waals surface area contributed by atoms with E-state index in [-0.39, 0.29) is 5.91 Å². The molecule has 0 atom stereocenters. The second kappa shape index (κ2) is 7.66. The molecule has 3 rings (SSSR count). The molecule has 0 fully saturated rings. The Hall–Kier alpha value is -2.78. The minimum absolute atomic E-state index is 0.167. The molecular weight excluding hydrogens is 320 g/mol. The van der Waals surface area contributed by atoms with Gasteiger partial charge in [-0.15, -0.1) is 0 Å². The first-order valence-electron chi connectivity index (χ1n) is 7.66. The number of hydrogen-bond acceptors (Lipinski definition) is 2. The number of amides is 1. The van der Waals surface area contributed by atoms with Crippen LogP contribution in [0.25, 0.3) is 0 Å². The van der Waals surface area contributed by atoms with Crippen LogP contribution in [0.5, 0.6) is 0 Å². The third-order valence-electron chi connectivity index (χ3n) is 3.57. The molecule has 0 saturated heterocycles. The minimum atomic E-state index is -0.167. The van der Waals surface area contributed by atoms with Crippen molar-refractivity contribution in [3.63, 3.8) is 0 Å². The van der Waals surface area contributed by atoms with E-state index < -0.39 is 0 Å². The van der Waals surface area contributed by atoms with E-state index in [1.54, 1.807) is 12.1 Å². The van der Waals surface area contributed by atoms with Crippen molar-refractivity contribution in [3.8, 4) is 0 Å². The van der Waals surface area contributed by atoms with Crippen LogP contribution < -0.4 is 10.6 Å². The summed E-state index contributed by atoms with van der Waals surface area (Å²) in [6, 6.07) is 24.8. The van der Waals surface area contributed by atoms with Gasteiger partial charge in [0.1, 0.15) is 0 Å². The number of rotatable bonds is 5. The molecule has 120 valence electrons. The van der Waals surface area contributed by atoms with Crippen LogP contribution in [0.4, 0.5) is 11.4 Å². The zero-order chi connectivity index (χ0) is 16.8. The summed E-state index contributed by atoms with van der Waals surface area (Å²) >= 11 is 6.07. The van der Waals surface area contributed by atoms with Gasteiger partial charge in [-0.25, -0.2) is 0 Å². The molecule has 0 saturated carbocycles. The number of hydrogen-bond donors (Lipinski definition) is 2. The van der Waals surface area contributed by atoms with Crippen LogP contribution in [0.15, 0.2) is 78.9 Å². The predicted octanol–water partition coefficient (Wildman–Crippen LogP) is 5.01. The molecule has 0 aromatic heterocycles. The van der Waals surface area contributed by atoms with Gasteiger partial charge in [0.25, 0.3) is 5.91 Å². The summed E-state index contributed by atoms with van der Waals surface area (Å²) in [5, 5.41) is 6.72. The standard InChI is InChI=1S/C20H17ClN2O/c21-16-11-12-19(23-17-9-5-2-6-10-17)18(13-16)20(24)22-14-15-7-3-1-4-8-15/h1-13,23H,14H2,(H,22,24). The van der Waals surface area contributed by atoms with Crippen LogP contribution in [-0.4, -0.2) is 5.91 Å². The molecular formula is C20H17ClN2O. The minimum Gasteiger partial charge on any atom is -0.355 e. The molecule has 0 aliphatic carbocycles. The Labute approximate surface area is 146 Å². The predicted molar refractivity (Wildman–Crippen MR) is 98.8 cm³/mol. The number of nitrogens with one attached hydrogen (secondary N) is 2. The van der Waals surface area contributed by atoms with Gasteiger partial charge in [0.15, 0.2) is 0 Å². The van der Waals surface area contributed by atoms with Crippen LogP contribution in [-0.2, 0) is 6.54 Å².